The molecule has 0 aliphatic heterocycles. The molecule has 0 aliphatic rings. The van der Waals surface area contributed by atoms with Crippen molar-refractivity contribution in [2.45, 2.75) is 20.3 Å². The highest BCUT2D eigenvalue weighted by atomic mass is 16.6. The maximum absolute atomic E-state index is 12.3. The molecule has 0 spiro atoms. The maximum Gasteiger partial charge on any atom is 0.269 e. The minimum Gasteiger partial charge on any atom is -0.490 e. The Morgan fingerprint density at radius 2 is 1.76 bits per heavy atom. The number of anilines is 1. The number of ether oxygens (including phenoxy) is 3. The van der Waals surface area contributed by atoms with E-state index in [1.54, 1.807) is 24.3 Å². The fraction of sp³-hybridized carbons (Fsp3) is 0.286. The number of hydrogen-bond donors (Lipinski definition) is 1. The van der Waals surface area contributed by atoms with Gasteiger partial charge in [-0.2, -0.15) is 0 Å². The Hall–Kier alpha value is -3.55. The molecule has 1 N–H and O–H groups in total. The zero-order valence-corrected chi connectivity index (χ0v) is 16.5. The van der Waals surface area contributed by atoms with Crippen LogP contribution in [-0.2, 0) is 11.2 Å². The SMILES string of the molecule is C=CCc1cc([N+](=O)[O-])ccc1OCC(=O)Nc1ccc(OCC)c(OCC)c1. The molecular formula is C21H24N2O6. The van der Waals surface area contributed by atoms with Crippen molar-refractivity contribution in [3.05, 3.63) is 64.7 Å². The minimum atomic E-state index is -0.481. The van der Waals surface area contributed by atoms with Gasteiger partial charge in [-0.15, -0.1) is 6.58 Å². The molecule has 0 unspecified atom stereocenters. The summed E-state index contributed by atoms with van der Waals surface area (Å²) in [6.45, 7) is 8.09. The van der Waals surface area contributed by atoms with Crippen LogP contribution in [0.25, 0.3) is 0 Å². The number of hydrogen-bond acceptors (Lipinski definition) is 6. The lowest BCUT2D eigenvalue weighted by atomic mass is 10.1. The number of nitrogens with one attached hydrogen (secondary N) is 1. The maximum atomic E-state index is 12.3. The van der Waals surface area contributed by atoms with Gasteiger partial charge in [-0.1, -0.05) is 6.08 Å². The Labute approximate surface area is 169 Å². The summed E-state index contributed by atoms with van der Waals surface area (Å²) in [5.41, 5.74) is 1.08. The van der Waals surface area contributed by atoms with E-state index in [9.17, 15) is 14.9 Å². The number of non-ortho nitro benzene ring substituents is 1. The monoisotopic (exact) mass is 400 g/mol. The number of allylic oxidation sites excluding steroid dienone is 1. The van der Waals surface area contributed by atoms with Gasteiger partial charge in [0.05, 0.1) is 18.1 Å². The molecule has 8 nitrogen and oxygen atoms in total. The highest BCUT2D eigenvalue weighted by Crippen LogP contribution is 2.30. The van der Waals surface area contributed by atoms with Gasteiger partial charge in [-0.3, -0.25) is 14.9 Å². The van der Waals surface area contributed by atoms with Gasteiger partial charge < -0.3 is 19.5 Å². The van der Waals surface area contributed by atoms with Gasteiger partial charge in [-0.05, 0) is 38.5 Å². The second-order valence-electron chi connectivity index (χ2n) is 5.91. The van der Waals surface area contributed by atoms with E-state index in [0.29, 0.717) is 48.1 Å². The van der Waals surface area contributed by atoms with E-state index >= 15 is 0 Å². The Kier molecular flexibility index (Phi) is 8.02. The molecule has 2 aromatic rings. The van der Waals surface area contributed by atoms with Crippen LogP contribution >= 0.6 is 0 Å². The summed E-state index contributed by atoms with van der Waals surface area (Å²) >= 11 is 0. The molecule has 0 bridgehead atoms. The Balaban J connectivity index is 2.05. The van der Waals surface area contributed by atoms with Crippen LogP contribution in [0.3, 0.4) is 0 Å². The molecule has 8 heteroatoms. The molecule has 2 rings (SSSR count). The number of nitro groups is 1. The summed E-state index contributed by atoms with van der Waals surface area (Å²) in [6.07, 6.45) is 2.00. The molecule has 0 saturated heterocycles. The van der Waals surface area contributed by atoms with Gasteiger partial charge >= 0.3 is 0 Å². The average Bonchev–Trinajstić information content (AvgIpc) is 2.69. The van der Waals surface area contributed by atoms with Crippen molar-refractivity contribution in [2.75, 3.05) is 25.1 Å². The molecule has 0 saturated carbocycles. The second kappa shape index (κ2) is 10.7. The minimum absolute atomic E-state index is 0.0449. The lowest BCUT2D eigenvalue weighted by Gasteiger charge is -2.14. The fourth-order valence-electron chi connectivity index (χ4n) is 2.60. The molecule has 0 fully saturated rings. The lowest BCUT2D eigenvalue weighted by Crippen LogP contribution is -2.20. The fourth-order valence-corrected chi connectivity index (χ4v) is 2.60. The van der Waals surface area contributed by atoms with E-state index in [1.165, 1.54) is 18.2 Å². The molecule has 0 aliphatic carbocycles. The third-order valence-corrected chi connectivity index (χ3v) is 3.81. The Bertz CT molecular complexity index is 881. The van der Waals surface area contributed by atoms with Crippen LogP contribution in [0.4, 0.5) is 11.4 Å². The number of rotatable bonds is 11. The molecule has 2 aromatic carbocycles. The summed E-state index contributed by atoms with van der Waals surface area (Å²) in [4.78, 5) is 22.7. The highest BCUT2D eigenvalue weighted by Gasteiger charge is 2.13. The van der Waals surface area contributed by atoms with Crippen LogP contribution in [0.1, 0.15) is 19.4 Å². The van der Waals surface area contributed by atoms with Gasteiger partial charge in [0.2, 0.25) is 0 Å². The summed E-state index contributed by atoms with van der Waals surface area (Å²) in [5, 5.41) is 13.7. The second-order valence-corrected chi connectivity index (χ2v) is 5.91. The van der Waals surface area contributed by atoms with Crippen molar-refractivity contribution in [1.29, 1.82) is 0 Å². The van der Waals surface area contributed by atoms with E-state index in [2.05, 4.69) is 11.9 Å². The van der Waals surface area contributed by atoms with Crippen LogP contribution in [0, 0.1) is 10.1 Å². The zero-order valence-electron chi connectivity index (χ0n) is 16.5. The van der Waals surface area contributed by atoms with Crippen molar-refractivity contribution in [3.8, 4) is 17.2 Å². The molecule has 1 amide bonds. The van der Waals surface area contributed by atoms with Gasteiger partial charge in [0, 0.05) is 29.4 Å². The number of nitro benzene ring substituents is 1. The smallest absolute Gasteiger partial charge is 0.269 e. The number of carbonyl (C=O) groups excluding carboxylic acids is 1. The van der Waals surface area contributed by atoms with Crippen LogP contribution < -0.4 is 19.5 Å². The first-order chi connectivity index (χ1) is 14.0. The first-order valence-corrected chi connectivity index (χ1v) is 9.19. The molecule has 0 atom stereocenters. The van der Waals surface area contributed by atoms with Crippen molar-refractivity contribution in [2.24, 2.45) is 0 Å². The summed E-state index contributed by atoms with van der Waals surface area (Å²) < 4.78 is 16.6. The number of carbonyl (C=O) groups is 1. The van der Waals surface area contributed by atoms with E-state index in [1.807, 2.05) is 13.8 Å². The third-order valence-electron chi connectivity index (χ3n) is 3.81. The van der Waals surface area contributed by atoms with Crippen LogP contribution in [0.5, 0.6) is 17.2 Å². The Morgan fingerprint density at radius 1 is 1.07 bits per heavy atom. The zero-order chi connectivity index (χ0) is 21.2. The third kappa shape index (κ3) is 6.24. The van der Waals surface area contributed by atoms with E-state index < -0.39 is 4.92 Å². The molecule has 154 valence electrons. The molecule has 0 aromatic heterocycles. The standard InChI is InChI=1S/C21H24N2O6/c1-4-7-15-12-17(23(25)26)9-11-18(15)29-14-21(24)22-16-8-10-19(27-5-2)20(13-16)28-6-3/h4,8-13H,1,5-7,14H2,2-3H3,(H,22,24). The van der Waals surface area contributed by atoms with Crippen molar-refractivity contribution >= 4 is 17.3 Å². The van der Waals surface area contributed by atoms with E-state index in [-0.39, 0.29) is 18.2 Å². The summed E-state index contributed by atoms with van der Waals surface area (Å²) in [7, 11) is 0. The van der Waals surface area contributed by atoms with Gasteiger partial charge in [-0.25, -0.2) is 0 Å². The van der Waals surface area contributed by atoms with Crippen LogP contribution in [0.15, 0.2) is 49.1 Å². The first-order valence-electron chi connectivity index (χ1n) is 9.19. The van der Waals surface area contributed by atoms with Crippen molar-refractivity contribution in [1.82, 2.24) is 0 Å². The number of amides is 1. The van der Waals surface area contributed by atoms with E-state index in [4.69, 9.17) is 14.2 Å². The largest absolute Gasteiger partial charge is 0.490 e. The number of nitrogens with zero attached hydrogens (tertiary/aromatic N) is 1. The molecule has 29 heavy (non-hydrogen) atoms. The molecule has 0 radical (unpaired) electrons. The van der Waals surface area contributed by atoms with Crippen LogP contribution in [-0.4, -0.2) is 30.7 Å². The molecular weight excluding hydrogens is 376 g/mol. The van der Waals surface area contributed by atoms with Gasteiger partial charge in [0.1, 0.15) is 5.75 Å². The number of benzene rings is 2. The quantitative estimate of drug-likeness (QED) is 0.346. The highest BCUT2D eigenvalue weighted by molar-refractivity contribution is 5.92. The van der Waals surface area contributed by atoms with Gasteiger partial charge in [0.25, 0.3) is 11.6 Å². The first kappa shape index (κ1) is 21.7. The van der Waals surface area contributed by atoms with Crippen LogP contribution in [0.2, 0.25) is 0 Å². The predicted octanol–water partition coefficient (Wildman–Crippen LogP) is 4.14. The topological polar surface area (TPSA) is 99.9 Å². The normalized spacial score (nSPS) is 10.1. The van der Waals surface area contributed by atoms with Gasteiger partial charge in [0.15, 0.2) is 18.1 Å². The lowest BCUT2D eigenvalue weighted by molar-refractivity contribution is -0.384. The summed E-state index contributed by atoms with van der Waals surface area (Å²) in [6, 6.07) is 9.34. The van der Waals surface area contributed by atoms with Crippen molar-refractivity contribution < 1.29 is 23.9 Å². The predicted molar refractivity (Wildman–Crippen MR) is 110 cm³/mol. The summed E-state index contributed by atoms with van der Waals surface area (Å²) in [5.74, 6) is 1.16. The van der Waals surface area contributed by atoms with E-state index in [0.717, 1.165) is 0 Å². The molecule has 0 heterocycles. The average molecular weight is 400 g/mol. The van der Waals surface area contributed by atoms with Crippen molar-refractivity contribution in [3.63, 3.8) is 0 Å². The Morgan fingerprint density at radius 3 is 2.41 bits per heavy atom.